The van der Waals surface area contributed by atoms with Gasteiger partial charge in [-0.05, 0) is 51.1 Å². The van der Waals surface area contributed by atoms with Gasteiger partial charge in [-0.25, -0.2) is 4.79 Å². The molecule has 3 atom stereocenters. The molecule has 202 valence electrons. The highest BCUT2D eigenvalue weighted by Crippen LogP contribution is 2.50. The Morgan fingerprint density at radius 2 is 1.76 bits per heavy atom. The molecule has 4 rings (SSSR count). The highest BCUT2D eigenvalue weighted by Gasteiger charge is 2.50. The average molecular weight is 538 g/mol. The van der Waals surface area contributed by atoms with E-state index < -0.39 is 23.8 Å². The minimum absolute atomic E-state index is 0.176. The Bertz CT molecular complexity index is 1250. The van der Waals surface area contributed by atoms with E-state index in [9.17, 15) is 14.4 Å². The summed E-state index contributed by atoms with van der Waals surface area (Å²) < 4.78 is 16.9. The van der Waals surface area contributed by atoms with Gasteiger partial charge in [-0.1, -0.05) is 37.6 Å². The molecule has 0 amide bonds. The van der Waals surface area contributed by atoms with E-state index in [4.69, 9.17) is 14.2 Å². The first-order valence-electron chi connectivity index (χ1n) is 13.3. The number of ether oxygens (including phenoxy) is 3. The summed E-state index contributed by atoms with van der Waals surface area (Å²) in [7, 11) is 0. The Hall–Kier alpha value is -3.39. The Kier molecular flexibility index (Phi) is 9.05. The SMILES string of the molecule is CCCC1=C(C(=O)OCC)C(c2ccccc2OCC)C2=C(CC(c3cccs3)C(C(=O)OCC)C2=O)N1. The third-order valence-electron chi connectivity index (χ3n) is 6.88. The smallest absolute Gasteiger partial charge is 0.336 e. The Morgan fingerprint density at radius 3 is 2.42 bits per heavy atom. The van der Waals surface area contributed by atoms with Crippen LogP contribution in [-0.2, 0) is 23.9 Å². The number of benzene rings is 1. The molecule has 0 fully saturated rings. The van der Waals surface area contributed by atoms with Crippen molar-refractivity contribution >= 4 is 29.1 Å². The van der Waals surface area contributed by atoms with Gasteiger partial charge in [0.15, 0.2) is 5.78 Å². The Morgan fingerprint density at radius 1 is 1.00 bits per heavy atom. The minimum Gasteiger partial charge on any atom is -0.494 e. The second-order valence-corrected chi connectivity index (χ2v) is 10.2. The van der Waals surface area contributed by atoms with Gasteiger partial charge in [0.1, 0.15) is 11.7 Å². The summed E-state index contributed by atoms with van der Waals surface area (Å²) in [5.41, 5.74) is 2.98. The van der Waals surface area contributed by atoms with Crippen molar-refractivity contribution in [3.8, 4) is 5.75 Å². The number of thiophene rings is 1. The molecular formula is C30H35NO6S. The molecule has 7 nitrogen and oxygen atoms in total. The zero-order valence-corrected chi connectivity index (χ0v) is 23.2. The number of hydrogen-bond acceptors (Lipinski definition) is 8. The first-order chi connectivity index (χ1) is 18.5. The lowest BCUT2D eigenvalue weighted by molar-refractivity contribution is -0.152. The lowest BCUT2D eigenvalue weighted by Gasteiger charge is -2.40. The predicted molar refractivity (Wildman–Crippen MR) is 146 cm³/mol. The van der Waals surface area contributed by atoms with Gasteiger partial charge in [-0.2, -0.15) is 0 Å². The second-order valence-electron chi connectivity index (χ2n) is 9.20. The maximum atomic E-state index is 14.4. The minimum atomic E-state index is -1.01. The van der Waals surface area contributed by atoms with Crippen molar-refractivity contribution in [1.29, 1.82) is 0 Å². The third-order valence-corrected chi connectivity index (χ3v) is 7.88. The summed E-state index contributed by atoms with van der Waals surface area (Å²) in [6.45, 7) is 8.23. The van der Waals surface area contributed by atoms with Crippen LogP contribution in [0.4, 0.5) is 0 Å². The van der Waals surface area contributed by atoms with E-state index >= 15 is 0 Å². The fraction of sp³-hybridized carbons (Fsp3) is 0.433. The second kappa shape index (κ2) is 12.4. The first-order valence-corrected chi connectivity index (χ1v) is 14.2. The van der Waals surface area contributed by atoms with E-state index in [1.54, 1.807) is 13.8 Å². The quantitative estimate of drug-likeness (QED) is 0.310. The molecule has 1 aromatic heterocycles. The number of carbonyl (C=O) groups is 3. The molecule has 0 spiro atoms. The van der Waals surface area contributed by atoms with Crippen LogP contribution >= 0.6 is 11.3 Å². The van der Waals surface area contributed by atoms with Gasteiger partial charge in [0.05, 0.1) is 31.3 Å². The number of dihydropyridines is 1. The van der Waals surface area contributed by atoms with Crippen molar-refractivity contribution in [2.75, 3.05) is 19.8 Å². The molecule has 1 aliphatic heterocycles. The molecule has 3 unspecified atom stereocenters. The zero-order chi connectivity index (χ0) is 27.2. The topological polar surface area (TPSA) is 90.9 Å². The Labute approximate surface area is 227 Å². The standard InChI is InChI=1S/C30H35NO6S/c1-5-12-20-27(30(34)37-8-4)24(18-13-9-10-14-22(18)35-6-2)26-21(31-20)17-19(23-15-11-16-38-23)25(28(26)32)29(33)36-7-3/h9-11,13-16,19,24-25,31H,5-8,12,17H2,1-4H3. The number of carbonyl (C=O) groups excluding carboxylic acids is 3. The summed E-state index contributed by atoms with van der Waals surface area (Å²) in [5.74, 6) is -2.86. The highest BCUT2D eigenvalue weighted by molar-refractivity contribution is 7.10. The van der Waals surface area contributed by atoms with Gasteiger partial charge in [0.25, 0.3) is 0 Å². The normalized spacial score (nSPS) is 21.1. The molecular weight excluding hydrogens is 502 g/mol. The van der Waals surface area contributed by atoms with Crippen LogP contribution in [0.3, 0.4) is 0 Å². The van der Waals surface area contributed by atoms with E-state index in [1.165, 1.54) is 11.3 Å². The van der Waals surface area contributed by atoms with Gasteiger partial charge in [0.2, 0.25) is 0 Å². The number of nitrogens with one attached hydrogen (secondary N) is 1. The molecule has 2 aliphatic rings. The predicted octanol–water partition coefficient (Wildman–Crippen LogP) is 5.64. The molecule has 2 heterocycles. The fourth-order valence-corrected chi connectivity index (χ4v) is 6.30. The molecule has 1 N–H and O–H groups in total. The molecule has 1 aromatic carbocycles. The van der Waals surface area contributed by atoms with Gasteiger partial charge in [-0.3, -0.25) is 9.59 Å². The van der Waals surface area contributed by atoms with Crippen LogP contribution in [0.2, 0.25) is 0 Å². The van der Waals surface area contributed by atoms with E-state index in [1.807, 2.05) is 55.6 Å². The number of Topliss-reactive ketones (excluding diaryl/α,β-unsaturated/α-hetero) is 1. The van der Waals surface area contributed by atoms with Crippen LogP contribution < -0.4 is 10.1 Å². The van der Waals surface area contributed by atoms with Gasteiger partial charge >= 0.3 is 11.9 Å². The highest BCUT2D eigenvalue weighted by atomic mass is 32.1. The van der Waals surface area contributed by atoms with Gasteiger partial charge < -0.3 is 19.5 Å². The largest absolute Gasteiger partial charge is 0.494 e. The first kappa shape index (κ1) is 27.6. The lowest BCUT2D eigenvalue weighted by atomic mass is 9.68. The van der Waals surface area contributed by atoms with Crippen LogP contribution in [0.15, 0.2) is 64.3 Å². The summed E-state index contributed by atoms with van der Waals surface area (Å²) in [5, 5.41) is 5.41. The van der Waals surface area contributed by atoms with Crippen molar-refractivity contribution in [3.63, 3.8) is 0 Å². The molecule has 0 bridgehead atoms. The molecule has 38 heavy (non-hydrogen) atoms. The maximum absolute atomic E-state index is 14.4. The van der Waals surface area contributed by atoms with Gasteiger partial charge in [-0.15, -0.1) is 11.3 Å². The molecule has 0 saturated carbocycles. The van der Waals surface area contributed by atoms with Crippen molar-refractivity contribution in [2.45, 2.75) is 58.8 Å². The van der Waals surface area contributed by atoms with Crippen LogP contribution in [-0.4, -0.2) is 37.5 Å². The van der Waals surface area contributed by atoms with Crippen LogP contribution in [0, 0.1) is 5.92 Å². The number of para-hydroxylation sites is 1. The maximum Gasteiger partial charge on any atom is 0.336 e. The van der Waals surface area contributed by atoms with Crippen LogP contribution in [0.25, 0.3) is 0 Å². The summed E-state index contributed by atoms with van der Waals surface area (Å²) in [6, 6.07) is 11.3. The van der Waals surface area contributed by atoms with Crippen LogP contribution in [0.5, 0.6) is 5.75 Å². The van der Waals surface area contributed by atoms with Crippen molar-refractivity contribution in [3.05, 3.63) is 74.8 Å². The average Bonchev–Trinajstić information content (AvgIpc) is 3.44. The summed E-state index contributed by atoms with van der Waals surface area (Å²) in [6.07, 6.45) is 1.85. The lowest BCUT2D eigenvalue weighted by Crippen LogP contribution is -2.43. The summed E-state index contributed by atoms with van der Waals surface area (Å²) in [4.78, 5) is 42.1. The third kappa shape index (κ3) is 5.27. The fourth-order valence-electron chi connectivity index (χ4n) is 5.43. The van der Waals surface area contributed by atoms with Crippen molar-refractivity contribution in [1.82, 2.24) is 5.32 Å². The van der Waals surface area contributed by atoms with Crippen LogP contribution in [0.1, 0.15) is 69.2 Å². The molecule has 1 aliphatic carbocycles. The Balaban J connectivity index is 1.96. The van der Waals surface area contributed by atoms with Gasteiger partial charge in [0, 0.05) is 33.3 Å². The molecule has 0 saturated heterocycles. The number of hydrogen-bond donors (Lipinski definition) is 1. The van der Waals surface area contributed by atoms with Crippen molar-refractivity contribution < 1.29 is 28.6 Å². The number of ketones is 1. The molecule has 8 heteroatoms. The number of allylic oxidation sites excluding steroid dienone is 3. The van der Waals surface area contributed by atoms with E-state index in [-0.39, 0.29) is 24.9 Å². The van der Waals surface area contributed by atoms with E-state index in [2.05, 4.69) is 5.32 Å². The zero-order valence-electron chi connectivity index (χ0n) is 22.4. The van der Waals surface area contributed by atoms with E-state index in [0.717, 1.165) is 22.7 Å². The van der Waals surface area contributed by atoms with E-state index in [0.29, 0.717) is 41.9 Å². The number of esters is 2. The molecule has 0 radical (unpaired) electrons. The van der Waals surface area contributed by atoms with Crippen molar-refractivity contribution in [2.24, 2.45) is 5.92 Å². The summed E-state index contributed by atoms with van der Waals surface area (Å²) >= 11 is 1.52. The molecule has 2 aromatic rings. The number of rotatable bonds is 10. The monoisotopic (exact) mass is 537 g/mol.